The van der Waals surface area contributed by atoms with Crippen molar-refractivity contribution in [3.8, 4) is 0 Å². The van der Waals surface area contributed by atoms with Crippen LogP contribution in [0.2, 0.25) is 0 Å². The number of pyridine rings is 1. The predicted molar refractivity (Wildman–Crippen MR) is 73.2 cm³/mol. The molecule has 2 heteroatoms. The van der Waals surface area contributed by atoms with Crippen molar-refractivity contribution in [1.29, 1.82) is 0 Å². The first-order valence-electron chi connectivity index (χ1n) is 6.77. The van der Waals surface area contributed by atoms with Gasteiger partial charge in [0.25, 0.3) is 0 Å². The Morgan fingerprint density at radius 3 is 2.89 bits per heavy atom. The number of aliphatic hydroxyl groups is 1. The highest BCUT2D eigenvalue weighted by atomic mass is 16.3. The molecule has 3 rings (SSSR count). The van der Waals surface area contributed by atoms with Crippen molar-refractivity contribution in [2.24, 2.45) is 11.8 Å². The molecule has 1 aliphatic rings. The van der Waals surface area contributed by atoms with Gasteiger partial charge in [-0.05, 0) is 42.4 Å². The highest BCUT2D eigenvalue weighted by Crippen LogP contribution is 2.38. The molecule has 2 nitrogen and oxygen atoms in total. The maximum atomic E-state index is 10.5. The third kappa shape index (κ3) is 2.13. The number of hydrogen-bond acceptors (Lipinski definition) is 2. The van der Waals surface area contributed by atoms with Crippen LogP contribution in [0.3, 0.4) is 0 Å². The first-order valence-corrected chi connectivity index (χ1v) is 6.77. The molecular weight excluding hydrogens is 222 g/mol. The van der Waals surface area contributed by atoms with Gasteiger partial charge in [-0.2, -0.15) is 0 Å². The van der Waals surface area contributed by atoms with E-state index in [1.807, 2.05) is 24.4 Å². The van der Waals surface area contributed by atoms with Crippen LogP contribution in [-0.2, 0) is 0 Å². The van der Waals surface area contributed by atoms with Gasteiger partial charge in [-0.15, -0.1) is 0 Å². The molecule has 0 radical (unpaired) electrons. The fraction of sp³-hybridized carbons (Fsp3) is 0.438. The maximum Gasteiger partial charge on any atom is 0.0833 e. The van der Waals surface area contributed by atoms with Gasteiger partial charge >= 0.3 is 0 Å². The summed E-state index contributed by atoms with van der Waals surface area (Å²) in [5, 5.41) is 11.6. The Bertz CT molecular complexity index is 552. The number of rotatable bonds is 2. The minimum absolute atomic E-state index is 0.355. The molecular formula is C16H19NO. The first-order chi connectivity index (χ1) is 8.74. The Hall–Kier alpha value is -1.41. The average molecular weight is 241 g/mol. The lowest BCUT2D eigenvalue weighted by Crippen LogP contribution is -2.09. The lowest BCUT2D eigenvalue weighted by atomic mass is 9.94. The second kappa shape index (κ2) is 4.69. The van der Waals surface area contributed by atoms with Crippen LogP contribution in [0.4, 0.5) is 0 Å². The second-order valence-electron chi connectivity index (χ2n) is 5.58. The topological polar surface area (TPSA) is 33.1 Å². The van der Waals surface area contributed by atoms with Crippen LogP contribution in [0, 0.1) is 11.8 Å². The van der Waals surface area contributed by atoms with E-state index in [4.69, 9.17) is 0 Å². The molecule has 3 unspecified atom stereocenters. The van der Waals surface area contributed by atoms with Crippen LogP contribution in [0.15, 0.2) is 36.5 Å². The molecule has 2 aromatic rings. The van der Waals surface area contributed by atoms with Crippen molar-refractivity contribution in [2.75, 3.05) is 0 Å². The second-order valence-corrected chi connectivity index (χ2v) is 5.58. The number of para-hydroxylation sites is 1. The monoisotopic (exact) mass is 241 g/mol. The van der Waals surface area contributed by atoms with E-state index in [1.54, 1.807) is 0 Å². The number of hydrogen-bond donors (Lipinski definition) is 1. The van der Waals surface area contributed by atoms with Gasteiger partial charge in [0, 0.05) is 11.6 Å². The summed E-state index contributed by atoms with van der Waals surface area (Å²) in [4.78, 5) is 4.43. The number of aliphatic hydroxyl groups excluding tert-OH is 1. The van der Waals surface area contributed by atoms with E-state index < -0.39 is 0 Å². The molecule has 3 atom stereocenters. The molecule has 1 N–H and O–H groups in total. The lowest BCUT2D eigenvalue weighted by molar-refractivity contribution is 0.109. The lowest BCUT2D eigenvalue weighted by Gasteiger charge is -2.18. The molecule has 18 heavy (non-hydrogen) atoms. The average Bonchev–Trinajstić information content (AvgIpc) is 2.84. The SMILES string of the molecule is CC1CCC(C(O)c2cnc3ccccc3c2)C1. The van der Waals surface area contributed by atoms with Gasteiger partial charge in [-0.25, -0.2) is 0 Å². The summed E-state index contributed by atoms with van der Waals surface area (Å²) in [6.45, 7) is 2.27. The van der Waals surface area contributed by atoms with Gasteiger partial charge < -0.3 is 5.11 Å². The number of aromatic nitrogens is 1. The van der Waals surface area contributed by atoms with E-state index in [0.717, 1.165) is 35.2 Å². The highest BCUT2D eigenvalue weighted by Gasteiger charge is 2.28. The summed E-state index contributed by atoms with van der Waals surface area (Å²) < 4.78 is 0. The normalized spacial score (nSPS) is 25.4. The van der Waals surface area contributed by atoms with Gasteiger partial charge in [0.05, 0.1) is 11.6 Å². The van der Waals surface area contributed by atoms with Crippen LogP contribution in [0.5, 0.6) is 0 Å². The third-order valence-electron chi connectivity index (χ3n) is 4.14. The summed E-state index contributed by atoms with van der Waals surface area (Å²) in [5.41, 5.74) is 1.96. The van der Waals surface area contributed by atoms with E-state index in [-0.39, 0.29) is 6.10 Å². The molecule has 1 saturated carbocycles. The van der Waals surface area contributed by atoms with Crippen LogP contribution in [0.25, 0.3) is 10.9 Å². The highest BCUT2D eigenvalue weighted by molar-refractivity contribution is 5.78. The smallest absolute Gasteiger partial charge is 0.0833 e. The maximum absolute atomic E-state index is 10.5. The fourth-order valence-corrected chi connectivity index (χ4v) is 3.06. The van der Waals surface area contributed by atoms with E-state index in [0.29, 0.717) is 5.92 Å². The molecule has 0 amide bonds. The largest absolute Gasteiger partial charge is 0.388 e. The summed E-state index contributed by atoms with van der Waals surface area (Å²) >= 11 is 0. The standard InChI is InChI=1S/C16H19NO/c1-11-6-7-13(8-11)16(18)14-9-12-4-2-3-5-15(12)17-10-14/h2-5,9-11,13,16,18H,6-8H2,1H3. The Morgan fingerprint density at radius 2 is 2.11 bits per heavy atom. The third-order valence-corrected chi connectivity index (χ3v) is 4.14. The van der Waals surface area contributed by atoms with Crippen LogP contribution >= 0.6 is 0 Å². The van der Waals surface area contributed by atoms with Gasteiger partial charge in [-0.1, -0.05) is 31.5 Å². The quantitative estimate of drug-likeness (QED) is 0.869. The van der Waals surface area contributed by atoms with Crippen LogP contribution in [0.1, 0.15) is 37.9 Å². The zero-order valence-corrected chi connectivity index (χ0v) is 10.7. The molecule has 1 heterocycles. The van der Waals surface area contributed by atoms with Crippen molar-refractivity contribution in [2.45, 2.75) is 32.3 Å². The molecule has 0 bridgehead atoms. The molecule has 1 aliphatic carbocycles. The molecule has 1 aromatic heterocycles. The summed E-state index contributed by atoms with van der Waals surface area (Å²) in [5.74, 6) is 1.15. The first kappa shape index (κ1) is 11.7. The van der Waals surface area contributed by atoms with E-state index >= 15 is 0 Å². The number of nitrogens with zero attached hydrogens (tertiary/aromatic N) is 1. The van der Waals surface area contributed by atoms with Crippen LogP contribution in [-0.4, -0.2) is 10.1 Å². The minimum Gasteiger partial charge on any atom is -0.388 e. The molecule has 0 aliphatic heterocycles. The Balaban J connectivity index is 1.89. The molecule has 94 valence electrons. The summed E-state index contributed by atoms with van der Waals surface area (Å²) in [6.07, 6.45) is 4.98. The Labute approximate surface area is 108 Å². The Kier molecular flexibility index (Phi) is 3.04. The van der Waals surface area contributed by atoms with Crippen molar-refractivity contribution in [3.05, 3.63) is 42.1 Å². The molecule has 1 aromatic carbocycles. The predicted octanol–water partition coefficient (Wildman–Crippen LogP) is 3.70. The molecule has 1 fully saturated rings. The minimum atomic E-state index is -0.355. The zero-order valence-electron chi connectivity index (χ0n) is 10.7. The van der Waals surface area contributed by atoms with Gasteiger partial charge in [0.2, 0.25) is 0 Å². The van der Waals surface area contributed by atoms with E-state index in [1.165, 1.54) is 6.42 Å². The summed E-state index contributed by atoms with van der Waals surface area (Å²) in [7, 11) is 0. The zero-order chi connectivity index (χ0) is 12.5. The van der Waals surface area contributed by atoms with Crippen molar-refractivity contribution in [1.82, 2.24) is 4.98 Å². The number of fused-ring (bicyclic) bond motifs is 1. The van der Waals surface area contributed by atoms with Crippen molar-refractivity contribution >= 4 is 10.9 Å². The van der Waals surface area contributed by atoms with E-state index in [2.05, 4.69) is 24.0 Å². The van der Waals surface area contributed by atoms with Gasteiger partial charge in [-0.3, -0.25) is 4.98 Å². The van der Waals surface area contributed by atoms with Crippen molar-refractivity contribution in [3.63, 3.8) is 0 Å². The fourth-order valence-electron chi connectivity index (χ4n) is 3.06. The Morgan fingerprint density at radius 1 is 1.28 bits per heavy atom. The van der Waals surface area contributed by atoms with E-state index in [9.17, 15) is 5.11 Å². The molecule has 0 saturated heterocycles. The van der Waals surface area contributed by atoms with Gasteiger partial charge in [0.15, 0.2) is 0 Å². The summed E-state index contributed by atoms with van der Waals surface area (Å²) in [6, 6.07) is 10.1. The van der Waals surface area contributed by atoms with Crippen molar-refractivity contribution < 1.29 is 5.11 Å². The molecule has 0 spiro atoms. The number of benzene rings is 1. The van der Waals surface area contributed by atoms with Gasteiger partial charge in [0.1, 0.15) is 0 Å². The van der Waals surface area contributed by atoms with Crippen LogP contribution < -0.4 is 0 Å².